The minimum absolute atomic E-state index is 0.0207. The Morgan fingerprint density at radius 2 is 2.05 bits per heavy atom. The summed E-state index contributed by atoms with van der Waals surface area (Å²) in [6, 6.07) is 2.87. The van der Waals surface area contributed by atoms with E-state index in [2.05, 4.69) is 18.6 Å². The summed E-state index contributed by atoms with van der Waals surface area (Å²) >= 11 is 6.03. The Hall–Kier alpha value is -0.780. The van der Waals surface area contributed by atoms with Crippen molar-refractivity contribution in [2.45, 2.75) is 51.0 Å². The summed E-state index contributed by atoms with van der Waals surface area (Å²) in [4.78, 5) is 0.133. The predicted octanol–water partition coefficient (Wildman–Crippen LogP) is 3.09. The lowest BCUT2D eigenvalue weighted by molar-refractivity contribution is 0.313. The van der Waals surface area contributed by atoms with Crippen molar-refractivity contribution in [2.75, 3.05) is 5.73 Å². The van der Waals surface area contributed by atoms with Crippen molar-refractivity contribution in [1.82, 2.24) is 4.72 Å². The molecule has 4 nitrogen and oxygen atoms in total. The fraction of sp³-hybridized carbons (Fsp3) is 0.571. The minimum Gasteiger partial charge on any atom is -0.398 e. The highest BCUT2D eigenvalue weighted by molar-refractivity contribution is 7.89. The molecule has 0 radical (unpaired) electrons. The Morgan fingerprint density at radius 1 is 1.40 bits per heavy atom. The van der Waals surface area contributed by atoms with Crippen LogP contribution in [0.2, 0.25) is 5.02 Å². The van der Waals surface area contributed by atoms with E-state index in [0.717, 1.165) is 19.3 Å². The van der Waals surface area contributed by atoms with Crippen molar-refractivity contribution in [3.05, 3.63) is 22.7 Å². The maximum Gasteiger partial charge on any atom is 0.240 e. The summed E-state index contributed by atoms with van der Waals surface area (Å²) in [6.45, 7) is 5.94. The Morgan fingerprint density at radius 3 is 2.55 bits per heavy atom. The van der Waals surface area contributed by atoms with Gasteiger partial charge in [-0.3, -0.25) is 0 Å². The zero-order valence-electron chi connectivity index (χ0n) is 12.0. The minimum atomic E-state index is -3.59. The molecule has 0 aromatic heterocycles. The third kappa shape index (κ3) is 2.95. The smallest absolute Gasteiger partial charge is 0.240 e. The molecule has 0 aliphatic heterocycles. The van der Waals surface area contributed by atoms with Crippen molar-refractivity contribution < 1.29 is 8.42 Å². The Bertz CT molecular complexity index is 603. The van der Waals surface area contributed by atoms with Gasteiger partial charge in [0.2, 0.25) is 10.0 Å². The molecule has 1 unspecified atom stereocenters. The number of anilines is 1. The van der Waals surface area contributed by atoms with E-state index in [-0.39, 0.29) is 16.4 Å². The molecular formula is C14H21ClN2O2S. The van der Waals surface area contributed by atoms with Gasteiger partial charge in [-0.15, -0.1) is 0 Å². The van der Waals surface area contributed by atoms with Gasteiger partial charge in [0.15, 0.2) is 0 Å². The second-order valence-corrected chi connectivity index (χ2v) is 8.30. The lowest BCUT2D eigenvalue weighted by Crippen LogP contribution is -2.41. The molecule has 20 heavy (non-hydrogen) atoms. The zero-order valence-corrected chi connectivity index (χ0v) is 13.6. The third-order valence-corrected chi connectivity index (χ3v) is 6.07. The number of halogens is 1. The van der Waals surface area contributed by atoms with Gasteiger partial charge in [0.25, 0.3) is 0 Å². The Labute approximate surface area is 125 Å². The Kier molecular flexibility index (Phi) is 4.06. The highest BCUT2D eigenvalue weighted by Gasteiger charge is 2.37. The van der Waals surface area contributed by atoms with Gasteiger partial charge < -0.3 is 5.73 Å². The molecule has 3 N–H and O–H groups in total. The summed E-state index contributed by atoms with van der Waals surface area (Å²) in [5, 5.41) is 0.371. The number of hydrogen-bond donors (Lipinski definition) is 2. The van der Waals surface area contributed by atoms with Gasteiger partial charge in [-0.1, -0.05) is 31.9 Å². The van der Waals surface area contributed by atoms with E-state index in [1.807, 2.05) is 0 Å². The summed E-state index contributed by atoms with van der Waals surface area (Å²) in [7, 11) is -3.59. The summed E-state index contributed by atoms with van der Waals surface area (Å²) in [6.07, 6.45) is 2.93. The van der Waals surface area contributed by atoms with Crippen LogP contribution in [-0.4, -0.2) is 14.5 Å². The van der Waals surface area contributed by atoms with Gasteiger partial charge in [0, 0.05) is 16.8 Å². The predicted molar refractivity (Wildman–Crippen MR) is 82.3 cm³/mol. The average molecular weight is 317 g/mol. The van der Waals surface area contributed by atoms with Crippen LogP contribution in [0.5, 0.6) is 0 Å². The molecule has 0 bridgehead atoms. The van der Waals surface area contributed by atoms with Crippen LogP contribution >= 0.6 is 11.6 Å². The second kappa shape index (κ2) is 5.20. The maximum absolute atomic E-state index is 12.5. The normalized spacial score (nSPS) is 22.1. The lowest BCUT2D eigenvalue weighted by atomic mass is 9.88. The van der Waals surface area contributed by atoms with E-state index >= 15 is 0 Å². The molecule has 0 heterocycles. The molecule has 1 saturated carbocycles. The van der Waals surface area contributed by atoms with E-state index in [0.29, 0.717) is 16.3 Å². The van der Waals surface area contributed by atoms with Crippen molar-refractivity contribution in [3.63, 3.8) is 0 Å². The topological polar surface area (TPSA) is 72.2 Å². The molecule has 1 aromatic carbocycles. The van der Waals surface area contributed by atoms with Gasteiger partial charge in [-0.25, -0.2) is 13.1 Å². The van der Waals surface area contributed by atoms with Crippen molar-refractivity contribution in [3.8, 4) is 0 Å². The van der Waals surface area contributed by atoms with Crippen LogP contribution in [-0.2, 0) is 10.0 Å². The van der Waals surface area contributed by atoms with Gasteiger partial charge in [-0.05, 0) is 42.9 Å². The first-order chi connectivity index (χ1) is 9.13. The Balaban J connectivity index is 2.32. The monoisotopic (exact) mass is 316 g/mol. The molecule has 0 saturated heterocycles. The zero-order chi connectivity index (χ0) is 15.1. The number of sulfonamides is 1. The quantitative estimate of drug-likeness (QED) is 0.842. The fourth-order valence-corrected chi connectivity index (χ4v) is 4.42. The average Bonchev–Trinajstić information content (AvgIpc) is 2.64. The van der Waals surface area contributed by atoms with Crippen molar-refractivity contribution >= 4 is 27.3 Å². The van der Waals surface area contributed by atoms with Crippen LogP contribution in [0.25, 0.3) is 0 Å². The molecule has 1 atom stereocenters. The summed E-state index contributed by atoms with van der Waals surface area (Å²) in [5.41, 5.74) is 6.88. The van der Waals surface area contributed by atoms with E-state index in [1.54, 1.807) is 6.92 Å². The van der Waals surface area contributed by atoms with Crippen LogP contribution in [0.4, 0.5) is 5.69 Å². The van der Waals surface area contributed by atoms with E-state index < -0.39 is 10.0 Å². The first-order valence-corrected chi connectivity index (χ1v) is 8.57. The van der Waals surface area contributed by atoms with Gasteiger partial charge in [0.05, 0.1) is 4.90 Å². The molecule has 1 fully saturated rings. The van der Waals surface area contributed by atoms with Gasteiger partial charge in [-0.2, -0.15) is 0 Å². The fourth-order valence-electron chi connectivity index (χ4n) is 2.63. The number of nitrogens with one attached hydrogen (secondary N) is 1. The molecule has 2 rings (SSSR count). The molecule has 1 aliphatic carbocycles. The molecule has 6 heteroatoms. The van der Waals surface area contributed by atoms with Gasteiger partial charge in [0.1, 0.15) is 0 Å². The van der Waals surface area contributed by atoms with Crippen LogP contribution in [0.1, 0.15) is 38.7 Å². The molecular weight excluding hydrogens is 296 g/mol. The first-order valence-electron chi connectivity index (χ1n) is 6.71. The number of benzene rings is 1. The molecule has 112 valence electrons. The van der Waals surface area contributed by atoms with Crippen molar-refractivity contribution in [2.24, 2.45) is 5.41 Å². The maximum atomic E-state index is 12.5. The molecule has 0 spiro atoms. The lowest BCUT2D eigenvalue weighted by Gasteiger charge is -2.27. The molecule has 1 aromatic rings. The van der Waals surface area contributed by atoms with Crippen LogP contribution in [0.3, 0.4) is 0 Å². The van der Waals surface area contributed by atoms with Crippen LogP contribution in [0.15, 0.2) is 17.0 Å². The number of nitrogens with two attached hydrogens (primary N) is 1. The molecule has 0 amide bonds. The number of nitrogen functional groups attached to an aromatic ring is 1. The first kappa shape index (κ1) is 15.6. The highest BCUT2D eigenvalue weighted by Crippen LogP contribution is 2.38. The van der Waals surface area contributed by atoms with Crippen molar-refractivity contribution in [1.29, 1.82) is 0 Å². The third-order valence-electron chi connectivity index (χ3n) is 4.22. The number of rotatable bonds is 3. The SMILES string of the molecule is Cc1c(N)cc(S(=O)(=O)NC2CCCC2(C)C)cc1Cl. The summed E-state index contributed by atoms with van der Waals surface area (Å²) < 4.78 is 27.7. The van der Waals surface area contributed by atoms with E-state index in [4.69, 9.17) is 17.3 Å². The standard InChI is InChI=1S/C14H21ClN2O2S/c1-9-11(15)7-10(8-12(9)16)20(18,19)17-13-5-4-6-14(13,2)3/h7-8,13,17H,4-6,16H2,1-3H3. The number of hydrogen-bond acceptors (Lipinski definition) is 3. The van der Waals surface area contributed by atoms with Crippen LogP contribution < -0.4 is 10.5 Å². The van der Waals surface area contributed by atoms with E-state index in [1.165, 1.54) is 12.1 Å². The largest absolute Gasteiger partial charge is 0.398 e. The van der Waals surface area contributed by atoms with E-state index in [9.17, 15) is 8.42 Å². The van der Waals surface area contributed by atoms with Gasteiger partial charge >= 0.3 is 0 Å². The molecule has 1 aliphatic rings. The van der Waals surface area contributed by atoms with Crippen LogP contribution in [0, 0.1) is 12.3 Å². The summed E-state index contributed by atoms with van der Waals surface area (Å²) in [5.74, 6) is 0. The highest BCUT2D eigenvalue weighted by atomic mass is 35.5. The second-order valence-electron chi connectivity index (χ2n) is 6.17.